The van der Waals surface area contributed by atoms with Crippen molar-refractivity contribution in [3.63, 3.8) is 0 Å². The van der Waals surface area contributed by atoms with Crippen LogP contribution in [0.1, 0.15) is 11.1 Å². The predicted molar refractivity (Wildman–Crippen MR) is 79.3 cm³/mol. The van der Waals surface area contributed by atoms with Crippen LogP contribution in [0.2, 0.25) is 0 Å². The van der Waals surface area contributed by atoms with Crippen LogP contribution in [0.5, 0.6) is 11.5 Å². The number of para-hydroxylation sites is 1. The summed E-state index contributed by atoms with van der Waals surface area (Å²) in [6, 6.07) is 13.5. The third-order valence-electron chi connectivity index (χ3n) is 2.75. The van der Waals surface area contributed by atoms with Crippen molar-refractivity contribution < 1.29 is 9.84 Å². The Morgan fingerprint density at radius 2 is 1.95 bits per heavy atom. The molecule has 3 nitrogen and oxygen atoms in total. The van der Waals surface area contributed by atoms with E-state index in [2.05, 4.69) is 15.9 Å². The molecule has 0 radical (unpaired) electrons. The second-order valence-corrected chi connectivity index (χ2v) is 5.10. The van der Waals surface area contributed by atoms with Gasteiger partial charge in [-0.15, -0.1) is 0 Å². The van der Waals surface area contributed by atoms with Crippen LogP contribution in [0.15, 0.2) is 46.9 Å². The van der Waals surface area contributed by atoms with Crippen LogP contribution < -0.4 is 10.5 Å². The summed E-state index contributed by atoms with van der Waals surface area (Å²) in [5.41, 5.74) is 7.64. The molecule has 0 heterocycles. The van der Waals surface area contributed by atoms with Gasteiger partial charge in [-0.1, -0.05) is 34.1 Å². The lowest BCUT2D eigenvalue weighted by molar-refractivity contribution is 0.298. The summed E-state index contributed by atoms with van der Waals surface area (Å²) in [6.45, 7) is 0.570. The molecule has 0 fully saturated rings. The zero-order valence-electron chi connectivity index (χ0n) is 10.5. The van der Waals surface area contributed by atoms with Crippen molar-refractivity contribution in [3.8, 4) is 11.5 Å². The molecule has 0 aliphatic rings. The molecule has 0 unspecified atom stereocenters. The van der Waals surface area contributed by atoms with Crippen molar-refractivity contribution in [1.29, 1.82) is 0 Å². The SMILES string of the molecule is NCc1cc(Br)cc(Oc2ccccc2CCO)c1. The topological polar surface area (TPSA) is 55.5 Å². The Bertz CT molecular complexity index is 558. The highest BCUT2D eigenvalue weighted by molar-refractivity contribution is 9.10. The Hall–Kier alpha value is -1.36. The molecule has 0 aromatic heterocycles. The monoisotopic (exact) mass is 321 g/mol. The molecule has 2 rings (SSSR count). The first-order valence-electron chi connectivity index (χ1n) is 6.09. The number of nitrogens with two attached hydrogens (primary N) is 1. The van der Waals surface area contributed by atoms with Crippen molar-refractivity contribution in [3.05, 3.63) is 58.1 Å². The molecular formula is C15H16BrNO2. The first-order valence-corrected chi connectivity index (χ1v) is 6.88. The summed E-state index contributed by atoms with van der Waals surface area (Å²) < 4.78 is 6.82. The molecule has 4 heteroatoms. The van der Waals surface area contributed by atoms with E-state index in [-0.39, 0.29) is 6.61 Å². The van der Waals surface area contributed by atoms with Gasteiger partial charge >= 0.3 is 0 Å². The maximum Gasteiger partial charge on any atom is 0.130 e. The van der Waals surface area contributed by atoms with Gasteiger partial charge in [-0.05, 0) is 41.8 Å². The van der Waals surface area contributed by atoms with E-state index in [1.165, 1.54) is 0 Å². The van der Waals surface area contributed by atoms with Crippen LogP contribution >= 0.6 is 15.9 Å². The Morgan fingerprint density at radius 3 is 2.68 bits per heavy atom. The summed E-state index contributed by atoms with van der Waals surface area (Å²) in [5, 5.41) is 9.06. The molecule has 0 spiro atoms. The van der Waals surface area contributed by atoms with E-state index < -0.39 is 0 Å². The van der Waals surface area contributed by atoms with E-state index >= 15 is 0 Å². The fraction of sp³-hybridized carbons (Fsp3) is 0.200. The van der Waals surface area contributed by atoms with Gasteiger partial charge in [0.05, 0.1) is 0 Å². The number of aliphatic hydroxyl groups excluding tert-OH is 1. The van der Waals surface area contributed by atoms with Gasteiger partial charge < -0.3 is 15.6 Å². The summed E-state index contributed by atoms with van der Waals surface area (Å²) in [7, 11) is 0. The summed E-state index contributed by atoms with van der Waals surface area (Å²) in [4.78, 5) is 0. The van der Waals surface area contributed by atoms with E-state index in [1.54, 1.807) is 0 Å². The van der Waals surface area contributed by atoms with Gasteiger partial charge in [-0.25, -0.2) is 0 Å². The zero-order valence-corrected chi connectivity index (χ0v) is 12.1. The average molecular weight is 322 g/mol. The van der Waals surface area contributed by atoms with Crippen LogP contribution in [-0.4, -0.2) is 11.7 Å². The third kappa shape index (κ3) is 3.80. The number of rotatable bonds is 5. The molecule has 0 saturated heterocycles. The Morgan fingerprint density at radius 1 is 1.16 bits per heavy atom. The van der Waals surface area contributed by atoms with Crippen LogP contribution in [-0.2, 0) is 13.0 Å². The molecule has 0 saturated carbocycles. The van der Waals surface area contributed by atoms with E-state index in [0.717, 1.165) is 27.1 Å². The van der Waals surface area contributed by atoms with Crippen molar-refractivity contribution in [2.24, 2.45) is 5.73 Å². The van der Waals surface area contributed by atoms with Gasteiger partial charge in [0, 0.05) is 17.6 Å². The highest BCUT2D eigenvalue weighted by atomic mass is 79.9. The van der Waals surface area contributed by atoms with E-state index in [1.807, 2.05) is 42.5 Å². The number of ether oxygens (including phenoxy) is 1. The number of aliphatic hydroxyl groups is 1. The number of hydrogen-bond acceptors (Lipinski definition) is 3. The second-order valence-electron chi connectivity index (χ2n) is 4.18. The van der Waals surface area contributed by atoms with E-state index in [9.17, 15) is 0 Å². The Labute approximate surface area is 121 Å². The van der Waals surface area contributed by atoms with Gasteiger partial charge in [0.1, 0.15) is 11.5 Å². The lowest BCUT2D eigenvalue weighted by Gasteiger charge is -2.11. The minimum Gasteiger partial charge on any atom is -0.457 e. The van der Waals surface area contributed by atoms with E-state index in [4.69, 9.17) is 15.6 Å². The van der Waals surface area contributed by atoms with Crippen molar-refractivity contribution >= 4 is 15.9 Å². The van der Waals surface area contributed by atoms with Gasteiger partial charge in [0.15, 0.2) is 0 Å². The van der Waals surface area contributed by atoms with E-state index in [0.29, 0.717) is 13.0 Å². The first-order chi connectivity index (χ1) is 9.22. The fourth-order valence-corrected chi connectivity index (χ4v) is 2.37. The Kier molecular flexibility index (Phi) is 4.96. The minimum atomic E-state index is 0.104. The lowest BCUT2D eigenvalue weighted by atomic mass is 10.1. The highest BCUT2D eigenvalue weighted by Gasteiger charge is 2.05. The first kappa shape index (κ1) is 14.1. The molecule has 100 valence electrons. The predicted octanol–water partition coefficient (Wildman–Crippen LogP) is 3.23. The molecule has 0 bridgehead atoms. The smallest absolute Gasteiger partial charge is 0.130 e. The van der Waals surface area contributed by atoms with Gasteiger partial charge in [0.2, 0.25) is 0 Å². The number of halogens is 1. The molecule has 0 aliphatic carbocycles. The molecule has 0 atom stereocenters. The van der Waals surface area contributed by atoms with Crippen LogP contribution in [0.25, 0.3) is 0 Å². The number of benzene rings is 2. The highest BCUT2D eigenvalue weighted by Crippen LogP contribution is 2.28. The molecule has 3 N–H and O–H groups in total. The maximum absolute atomic E-state index is 9.06. The Balaban J connectivity index is 2.28. The molecule has 2 aromatic carbocycles. The normalized spacial score (nSPS) is 10.5. The minimum absolute atomic E-state index is 0.104. The largest absolute Gasteiger partial charge is 0.457 e. The summed E-state index contributed by atoms with van der Waals surface area (Å²) >= 11 is 3.44. The summed E-state index contributed by atoms with van der Waals surface area (Å²) in [6.07, 6.45) is 0.577. The maximum atomic E-state index is 9.06. The van der Waals surface area contributed by atoms with Crippen LogP contribution in [0, 0.1) is 0 Å². The second kappa shape index (κ2) is 6.70. The number of hydrogen-bond donors (Lipinski definition) is 2. The molecule has 2 aromatic rings. The van der Waals surface area contributed by atoms with Crippen LogP contribution in [0.4, 0.5) is 0 Å². The molecule has 0 amide bonds. The zero-order chi connectivity index (χ0) is 13.7. The van der Waals surface area contributed by atoms with Gasteiger partial charge in [0.25, 0.3) is 0 Å². The van der Waals surface area contributed by atoms with Gasteiger partial charge in [-0.3, -0.25) is 0 Å². The standard InChI is InChI=1S/C15H16BrNO2/c16-13-7-11(10-17)8-14(9-13)19-15-4-2-1-3-12(15)5-6-18/h1-4,7-9,18H,5-6,10,17H2. The van der Waals surface area contributed by atoms with Crippen LogP contribution in [0.3, 0.4) is 0 Å². The lowest BCUT2D eigenvalue weighted by Crippen LogP contribution is -1.98. The summed E-state index contributed by atoms with van der Waals surface area (Å²) in [5.74, 6) is 1.50. The van der Waals surface area contributed by atoms with Gasteiger partial charge in [-0.2, -0.15) is 0 Å². The quantitative estimate of drug-likeness (QED) is 0.888. The molecule has 19 heavy (non-hydrogen) atoms. The van der Waals surface area contributed by atoms with Crippen molar-refractivity contribution in [1.82, 2.24) is 0 Å². The molecule has 0 aliphatic heterocycles. The third-order valence-corrected chi connectivity index (χ3v) is 3.21. The average Bonchev–Trinajstić information content (AvgIpc) is 2.40. The van der Waals surface area contributed by atoms with Crippen molar-refractivity contribution in [2.75, 3.05) is 6.61 Å². The molecular weight excluding hydrogens is 306 g/mol. The fourth-order valence-electron chi connectivity index (χ4n) is 1.85. The van der Waals surface area contributed by atoms with Crippen molar-refractivity contribution in [2.45, 2.75) is 13.0 Å².